The van der Waals surface area contributed by atoms with E-state index in [9.17, 15) is 14.4 Å². The summed E-state index contributed by atoms with van der Waals surface area (Å²) in [5.41, 5.74) is 0. The summed E-state index contributed by atoms with van der Waals surface area (Å²) in [5.74, 6) is -4.13. The van der Waals surface area contributed by atoms with Crippen molar-refractivity contribution in [1.82, 2.24) is 5.32 Å². The quantitative estimate of drug-likeness (QED) is 0.575. The van der Waals surface area contributed by atoms with Crippen molar-refractivity contribution in [2.75, 3.05) is 0 Å². The molecule has 0 bridgehead atoms. The first-order valence-corrected chi connectivity index (χ1v) is 4.96. The fraction of sp³-hybridized carbons (Fsp3) is 0.700. The number of carbonyl (C=O) groups excluding carboxylic acids is 1. The second-order valence-corrected chi connectivity index (χ2v) is 3.99. The molecule has 0 rings (SSSR count). The van der Waals surface area contributed by atoms with Crippen molar-refractivity contribution in [2.45, 2.75) is 39.3 Å². The third-order valence-electron chi connectivity index (χ3n) is 2.01. The van der Waals surface area contributed by atoms with Gasteiger partial charge in [0.05, 0.1) is 5.92 Å². The van der Waals surface area contributed by atoms with Gasteiger partial charge in [-0.1, -0.05) is 13.8 Å². The summed E-state index contributed by atoms with van der Waals surface area (Å²) in [7, 11) is 0. The number of rotatable bonds is 7. The number of aliphatic carboxylic acids is 2. The van der Waals surface area contributed by atoms with Gasteiger partial charge in [0.15, 0.2) is 0 Å². The topological polar surface area (TPSA) is 104 Å². The maximum absolute atomic E-state index is 10.9. The number of ketones is 1. The second-order valence-electron chi connectivity index (χ2n) is 3.99. The van der Waals surface area contributed by atoms with Crippen LogP contribution in [0.5, 0.6) is 0 Å². The molecule has 0 amide bonds. The lowest BCUT2D eigenvalue weighted by atomic mass is 9.94. The number of hydrogen-bond donors (Lipinski definition) is 3. The van der Waals surface area contributed by atoms with Crippen molar-refractivity contribution in [3.63, 3.8) is 0 Å². The standard InChI is InChI=1S/C10H17NO5/c1-5(2)11-8(10(15)16)7(9(13)14)4-6(3)12/h5,7-8,11H,4H2,1-3H3,(H,13,14)(H,15,16). The second kappa shape index (κ2) is 6.22. The predicted octanol–water partition coefficient (Wildman–Crippen LogP) is 0.118. The smallest absolute Gasteiger partial charge is 0.321 e. The molecule has 0 aliphatic rings. The van der Waals surface area contributed by atoms with Crippen molar-refractivity contribution >= 4 is 17.7 Å². The van der Waals surface area contributed by atoms with Crippen LogP contribution in [0.4, 0.5) is 0 Å². The van der Waals surface area contributed by atoms with E-state index in [4.69, 9.17) is 10.2 Å². The number of Topliss-reactive ketones (excluding diaryl/α,β-unsaturated/α-hetero) is 1. The SMILES string of the molecule is CC(=O)CC(C(=O)O)C(NC(C)C)C(=O)O. The van der Waals surface area contributed by atoms with Crippen molar-refractivity contribution in [3.8, 4) is 0 Å². The molecule has 0 fully saturated rings. The summed E-state index contributed by atoms with van der Waals surface area (Å²) in [6.45, 7) is 4.66. The van der Waals surface area contributed by atoms with Crippen molar-refractivity contribution < 1.29 is 24.6 Å². The highest BCUT2D eigenvalue weighted by molar-refractivity contribution is 5.87. The summed E-state index contributed by atoms with van der Waals surface area (Å²) in [4.78, 5) is 32.7. The van der Waals surface area contributed by atoms with Crippen LogP contribution in [-0.2, 0) is 14.4 Å². The number of carbonyl (C=O) groups is 3. The van der Waals surface area contributed by atoms with Crippen LogP contribution >= 0.6 is 0 Å². The van der Waals surface area contributed by atoms with Gasteiger partial charge in [-0.2, -0.15) is 0 Å². The first-order chi connectivity index (χ1) is 7.25. The third-order valence-corrected chi connectivity index (χ3v) is 2.01. The van der Waals surface area contributed by atoms with Crippen LogP contribution in [0.2, 0.25) is 0 Å². The first kappa shape index (κ1) is 14.6. The molecule has 0 aromatic heterocycles. The lowest BCUT2D eigenvalue weighted by Gasteiger charge is -2.22. The maximum Gasteiger partial charge on any atom is 0.321 e. The molecule has 2 atom stereocenters. The number of carboxylic acid groups (broad SMARTS) is 2. The van der Waals surface area contributed by atoms with E-state index >= 15 is 0 Å². The Balaban J connectivity index is 4.86. The maximum atomic E-state index is 10.9. The minimum Gasteiger partial charge on any atom is -0.481 e. The van der Waals surface area contributed by atoms with E-state index in [0.717, 1.165) is 0 Å². The van der Waals surface area contributed by atoms with E-state index in [2.05, 4.69) is 5.32 Å². The molecule has 0 spiro atoms. The number of nitrogens with one attached hydrogen (secondary N) is 1. The van der Waals surface area contributed by atoms with E-state index < -0.39 is 23.9 Å². The van der Waals surface area contributed by atoms with Crippen LogP contribution in [-0.4, -0.2) is 40.0 Å². The van der Waals surface area contributed by atoms with Crippen molar-refractivity contribution in [3.05, 3.63) is 0 Å². The average molecular weight is 231 g/mol. The molecular formula is C10H17NO5. The van der Waals surface area contributed by atoms with Gasteiger partial charge in [-0.25, -0.2) is 0 Å². The molecule has 0 aliphatic heterocycles. The van der Waals surface area contributed by atoms with Crippen LogP contribution < -0.4 is 5.32 Å². The Hall–Kier alpha value is -1.43. The average Bonchev–Trinajstić information content (AvgIpc) is 2.09. The summed E-state index contributed by atoms with van der Waals surface area (Å²) in [6, 6.07) is -1.42. The third kappa shape index (κ3) is 4.88. The highest BCUT2D eigenvalue weighted by atomic mass is 16.4. The zero-order valence-electron chi connectivity index (χ0n) is 9.56. The normalized spacial score (nSPS) is 14.5. The minimum absolute atomic E-state index is 0.171. The van der Waals surface area contributed by atoms with E-state index in [1.54, 1.807) is 13.8 Å². The Kier molecular flexibility index (Phi) is 5.66. The van der Waals surface area contributed by atoms with Gasteiger partial charge < -0.3 is 20.3 Å². The predicted molar refractivity (Wildman–Crippen MR) is 56.1 cm³/mol. The summed E-state index contributed by atoms with van der Waals surface area (Å²) >= 11 is 0. The molecule has 0 saturated carbocycles. The fourth-order valence-electron chi connectivity index (χ4n) is 1.38. The van der Waals surface area contributed by atoms with Gasteiger partial charge in [-0.3, -0.25) is 9.59 Å². The van der Waals surface area contributed by atoms with E-state index in [1.165, 1.54) is 6.92 Å². The Labute approximate surface area is 93.6 Å². The molecule has 0 saturated heterocycles. The number of hydrogen-bond acceptors (Lipinski definition) is 4. The lowest BCUT2D eigenvalue weighted by Crippen LogP contribution is -2.49. The molecule has 0 heterocycles. The molecule has 0 radical (unpaired) electrons. The van der Waals surface area contributed by atoms with E-state index in [-0.39, 0.29) is 18.2 Å². The molecule has 3 N–H and O–H groups in total. The zero-order chi connectivity index (χ0) is 12.9. The molecule has 0 aromatic rings. The lowest BCUT2D eigenvalue weighted by molar-refractivity contribution is -0.152. The molecule has 6 heteroatoms. The summed E-state index contributed by atoms with van der Waals surface area (Å²) in [5, 5.41) is 20.4. The molecular weight excluding hydrogens is 214 g/mol. The van der Waals surface area contributed by atoms with Gasteiger partial charge >= 0.3 is 11.9 Å². The van der Waals surface area contributed by atoms with Crippen molar-refractivity contribution in [1.29, 1.82) is 0 Å². The molecule has 6 nitrogen and oxygen atoms in total. The van der Waals surface area contributed by atoms with Gasteiger partial charge in [0.1, 0.15) is 11.8 Å². The molecule has 2 unspecified atom stereocenters. The Morgan fingerprint density at radius 3 is 1.88 bits per heavy atom. The van der Waals surface area contributed by atoms with Crippen LogP contribution in [0.1, 0.15) is 27.2 Å². The van der Waals surface area contributed by atoms with Crippen LogP contribution in [0, 0.1) is 5.92 Å². The largest absolute Gasteiger partial charge is 0.481 e. The Bertz CT molecular complexity index is 287. The zero-order valence-corrected chi connectivity index (χ0v) is 9.56. The van der Waals surface area contributed by atoms with Gasteiger partial charge in [0.25, 0.3) is 0 Å². The molecule has 16 heavy (non-hydrogen) atoms. The van der Waals surface area contributed by atoms with Gasteiger partial charge in [0.2, 0.25) is 0 Å². The van der Waals surface area contributed by atoms with E-state index in [0.29, 0.717) is 0 Å². The fourth-order valence-corrected chi connectivity index (χ4v) is 1.38. The molecule has 92 valence electrons. The Morgan fingerprint density at radius 2 is 1.62 bits per heavy atom. The monoisotopic (exact) mass is 231 g/mol. The van der Waals surface area contributed by atoms with Crippen LogP contribution in [0.15, 0.2) is 0 Å². The molecule has 0 aliphatic carbocycles. The van der Waals surface area contributed by atoms with Gasteiger partial charge in [-0.15, -0.1) is 0 Å². The Morgan fingerprint density at radius 1 is 1.12 bits per heavy atom. The van der Waals surface area contributed by atoms with Crippen LogP contribution in [0.25, 0.3) is 0 Å². The highest BCUT2D eigenvalue weighted by Gasteiger charge is 2.34. The van der Waals surface area contributed by atoms with Crippen molar-refractivity contribution in [2.24, 2.45) is 5.92 Å². The van der Waals surface area contributed by atoms with Gasteiger partial charge in [-0.05, 0) is 6.92 Å². The molecule has 0 aromatic carbocycles. The van der Waals surface area contributed by atoms with E-state index in [1.807, 2.05) is 0 Å². The van der Waals surface area contributed by atoms with Crippen LogP contribution in [0.3, 0.4) is 0 Å². The summed E-state index contributed by atoms with van der Waals surface area (Å²) < 4.78 is 0. The first-order valence-electron chi connectivity index (χ1n) is 4.96. The summed E-state index contributed by atoms with van der Waals surface area (Å²) in [6.07, 6.45) is -0.286. The van der Waals surface area contributed by atoms with Gasteiger partial charge in [0, 0.05) is 12.5 Å². The number of carboxylic acids is 2. The highest BCUT2D eigenvalue weighted by Crippen LogP contribution is 2.12. The minimum atomic E-state index is -1.28.